The number of likely N-dealkylation sites (tertiary alicyclic amines) is 2. The fraction of sp³-hybridized carbons (Fsp3) is 0.619. The molecule has 0 aromatic heterocycles. The molecule has 1 N–H and O–H groups in total. The molecule has 0 aliphatic carbocycles. The molecular formula is C21H30N2O5. The van der Waals surface area contributed by atoms with E-state index in [1.165, 1.54) is 4.90 Å². The summed E-state index contributed by atoms with van der Waals surface area (Å²) in [5.74, 6) is 0.648. The van der Waals surface area contributed by atoms with Crippen molar-refractivity contribution in [1.29, 1.82) is 0 Å². The standard InChI is InChI=1S/C21H30N2O5/c1-21(2,3)28-20(26)23-13-15(24)12-18(23)19(25)22-11-5-6-17(22)14-7-9-16(27-4)10-8-14/h7-10,15,17-18,24H,5-6,11-13H2,1-4H3/t15-,17?,18+/m1/s1. The molecule has 2 saturated heterocycles. The van der Waals surface area contributed by atoms with Crippen LogP contribution in [0.4, 0.5) is 4.79 Å². The van der Waals surface area contributed by atoms with Crippen LogP contribution in [0.1, 0.15) is 51.6 Å². The van der Waals surface area contributed by atoms with Crippen molar-refractivity contribution in [2.45, 2.75) is 63.8 Å². The molecule has 1 aromatic rings. The lowest BCUT2D eigenvalue weighted by Gasteiger charge is -2.32. The maximum absolute atomic E-state index is 13.3. The van der Waals surface area contributed by atoms with Gasteiger partial charge in [0.05, 0.1) is 25.8 Å². The minimum Gasteiger partial charge on any atom is -0.497 e. The molecule has 0 saturated carbocycles. The van der Waals surface area contributed by atoms with Gasteiger partial charge in [0.25, 0.3) is 0 Å². The fourth-order valence-electron chi connectivity index (χ4n) is 3.96. The molecular weight excluding hydrogens is 360 g/mol. The van der Waals surface area contributed by atoms with Crippen LogP contribution in [0.2, 0.25) is 0 Å². The molecule has 2 aliphatic rings. The maximum Gasteiger partial charge on any atom is 0.411 e. The molecule has 0 radical (unpaired) electrons. The van der Waals surface area contributed by atoms with Gasteiger partial charge in [-0.1, -0.05) is 12.1 Å². The maximum atomic E-state index is 13.3. The molecule has 2 amide bonds. The molecule has 0 bridgehead atoms. The third-order valence-corrected chi connectivity index (χ3v) is 5.23. The number of aliphatic hydroxyl groups excluding tert-OH is 1. The van der Waals surface area contributed by atoms with Crippen LogP contribution in [-0.2, 0) is 9.53 Å². The molecule has 1 aromatic carbocycles. The van der Waals surface area contributed by atoms with Crippen LogP contribution in [0.3, 0.4) is 0 Å². The zero-order valence-corrected chi connectivity index (χ0v) is 17.1. The van der Waals surface area contributed by atoms with Gasteiger partial charge in [-0.05, 0) is 51.3 Å². The van der Waals surface area contributed by atoms with Gasteiger partial charge in [0.15, 0.2) is 0 Å². The summed E-state index contributed by atoms with van der Waals surface area (Å²) in [5, 5.41) is 10.1. The van der Waals surface area contributed by atoms with Gasteiger partial charge in [-0.3, -0.25) is 9.69 Å². The Morgan fingerprint density at radius 1 is 1.14 bits per heavy atom. The topological polar surface area (TPSA) is 79.3 Å². The second-order valence-corrected chi connectivity index (χ2v) is 8.50. The number of hydrogen-bond acceptors (Lipinski definition) is 5. The Labute approximate surface area is 166 Å². The van der Waals surface area contributed by atoms with E-state index in [1.54, 1.807) is 27.9 Å². The summed E-state index contributed by atoms with van der Waals surface area (Å²) in [5.41, 5.74) is 0.395. The highest BCUT2D eigenvalue weighted by molar-refractivity contribution is 5.87. The number of hydrogen-bond donors (Lipinski definition) is 1. The summed E-state index contributed by atoms with van der Waals surface area (Å²) in [6.07, 6.45) is 0.750. The Kier molecular flexibility index (Phi) is 5.84. The summed E-state index contributed by atoms with van der Waals surface area (Å²) in [4.78, 5) is 29.1. The Bertz CT molecular complexity index is 713. The first kappa shape index (κ1) is 20.5. The van der Waals surface area contributed by atoms with E-state index in [4.69, 9.17) is 9.47 Å². The average Bonchev–Trinajstić information content (AvgIpc) is 3.26. The number of benzene rings is 1. The van der Waals surface area contributed by atoms with E-state index in [0.29, 0.717) is 6.54 Å². The highest BCUT2D eigenvalue weighted by atomic mass is 16.6. The van der Waals surface area contributed by atoms with E-state index >= 15 is 0 Å². The van der Waals surface area contributed by atoms with Gasteiger partial charge in [0.2, 0.25) is 5.91 Å². The van der Waals surface area contributed by atoms with Crippen molar-refractivity contribution >= 4 is 12.0 Å². The molecule has 1 unspecified atom stereocenters. The van der Waals surface area contributed by atoms with Gasteiger partial charge < -0.3 is 19.5 Å². The molecule has 28 heavy (non-hydrogen) atoms. The minimum atomic E-state index is -0.719. The lowest BCUT2D eigenvalue weighted by atomic mass is 10.0. The van der Waals surface area contributed by atoms with Crippen LogP contribution < -0.4 is 4.74 Å². The van der Waals surface area contributed by atoms with E-state index in [2.05, 4.69) is 0 Å². The number of amides is 2. The minimum absolute atomic E-state index is 0.0309. The quantitative estimate of drug-likeness (QED) is 0.858. The molecule has 154 valence electrons. The van der Waals surface area contributed by atoms with Crippen molar-refractivity contribution in [3.05, 3.63) is 29.8 Å². The normalized spacial score (nSPS) is 25.1. The van der Waals surface area contributed by atoms with E-state index in [-0.39, 0.29) is 24.9 Å². The highest BCUT2D eigenvalue weighted by Gasteiger charge is 2.44. The molecule has 2 aliphatic heterocycles. The van der Waals surface area contributed by atoms with Gasteiger partial charge in [0.1, 0.15) is 17.4 Å². The Balaban J connectivity index is 1.77. The molecule has 3 rings (SSSR count). The van der Waals surface area contributed by atoms with Gasteiger partial charge in [0, 0.05) is 13.0 Å². The molecule has 2 heterocycles. The van der Waals surface area contributed by atoms with E-state index in [0.717, 1.165) is 24.2 Å². The van der Waals surface area contributed by atoms with E-state index < -0.39 is 23.8 Å². The van der Waals surface area contributed by atoms with Crippen LogP contribution >= 0.6 is 0 Å². The zero-order valence-electron chi connectivity index (χ0n) is 17.1. The van der Waals surface area contributed by atoms with E-state index in [1.807, 2.05) is 29.2 Å². The molecule has 7 nitrogen and oxygen atoms in total. The smallest absolute Gasteiger partial charge is 0.411 e. The molecule has 2 fully saturated rings. The van der Waals surface area contributed by atoms with Crippen molar-refractivity contribution in [2.24, 2.45) is 0 Å². The first-order chi connectivity index (χ1) is 13.2. The van der Waals surface area contributed by atoms with Crippen LogP contribution in [0.15, 0.2) is 24.3 Å². The van der Waals surface area contributed by atoms with Gasteiger partial charge in [-0.25, -0.2) is 4.79 Å². The predicted octanol–water partition coefficient (Wildman–Crippen LogP) is 2.73. The number of carbonyl (C=O) groups excluding carboxylic acids is 2. The third kappa shape index (κ3) is 4.41. The van der Waals surface area contributed by atoms with Gasteiger partial charge in [-0.2, -0.15) is 0 Å². The lowest BCUT2D eigenvalue weighted by molar-refractivity contribution is -0.137. The van der Waals surface area contributed by atoms with Gasteiger partial charge in [-0.15, -0.1) is 0 Å². The average molecular weight is 390 g/mol. The Morgan fingerprint density at radius 3 is 2.43 bits per heavy atom. The second-order valence-electron chi connectivity index (χ2n) is 8.50. The number of carbonyl (C=O) groups is 2. The number of methoxy groups -OCH3 is 1. The lowest BCUT2D eigenvalue weighted by Crippen LogP contribution is -2.48. The first-order valence-corrected chi connectivity index (χ1v) is 9.81. The number of β-amino-alcohol motifs (C(OH)–C–C–N with tert-alkyl or cyclic N) is 1. The number of rotatable bonds is 3. The van der Waals surface area contributed by atoms with Crippen molar-refractivity contribution in [3.63, 3.8) is 0 Å². The number of aliphatic hydroxyl groups is 1. The van der Waals surface area contributed by atoms with E-state index in [9.17, 15) is 14.7 Å². The zero-order chi connectivity index (χ0) is 20.5. The second kappa shape index (κ2) is 7.99. The Morgan fingerprint density at radius 2 is 1.82 bits per heavy atom. The van der Waals surface area contributed by atoms with Crippen molar-refractivity contribution < 1.29 is 24.2 Å². The number of ether oxygens (including phenoxy) is 2. The number of nitrogens with zero attached hydrogens (tertiary/aromatic N) is 2. The molecule has 0 spiro atoms. The SMILES string of the molecule is COc1ccc(C2CCCN2C(=O)[C@@H]2C[C@@H](O)CN2C(=O)OC(C)(C)C)cc1. The largest absolute Gasteiger partial charge is 0.497 e. The van der Waals surface area contributed by atoms with Crippen molar-refractivity contribution in [2.75, 3.05) is 20.2 Å². The predicted molar refractivity (Wildman–Crippen MR) is 104 cm³/mol. The third-order valence-electron chi connectivity index (χ3n) is 5.23. The molecule has 3 atom stereocenters. The van der Waals surface area contributed by atoms with Crippen LogP contribution in [-0.4, -0.2) is 64.9 Å². The fourth-order valence-corrected chi connectivity index (χ4v) is 3.96. The molecule has 7 heteroatoms. The summed E-state index contributed by atoms with van der Waals surface area (Å²) in [7, 11) is 1.62. The monoisotopic (exact) mass is 390 g/mol. The first-order valence-electron chi connectivity index (χ1n) is 9.81. The van der Waals surface area contributed by atoms with Crippen LogP contribution in [0.25, 0.3) is 0 Å². The summed E-state index contributed by atoms with van der Waals surface area (Å²) in [6.45, 7) is 6.12. The summed E-state index contributed by atoms with van der Waals surface area (Å²) in [6, 6.07) is 7.01. The summed E-state index contributed by atoms with van der Waals surface area (Å²) >= 11 is 0. The van der Waals surface area contributed by atoms with Crippen molar-refractivity contribution in [1.82, 2.24) is 9.80 Å². The highest BCUT2D eigenvalue weighted by Crippen LogP contribution is 2.35. The van der Waals surface area contributed by atoms with Crippen LogP contribution in [0.5, 0.6) is 5.75 Å². The Hall–Kier alpha value is -2.28. The van der Waals surface area contributed by atoms with Crippen molar-refractivity contribution in [3.8, 4) is 5.75 Å². The van der Waals surface area contributed by atoms with Crippen LogP contribution in [0, 0.1) is 0 Å². The summed E-state index contributed by atoms with van der Waals surface area (Å²) < 4.78 is 10.7. The van der Waals surface area contributed by atoms with Gasteiger partial charge >= 0.3 is 6.09 Å².